The number of hydrogen-bond acceptors (Lipinski definition) is 3. The van der Waals surface area contributed by atoms with Gasteiger partial charge in [-0.3, -0.25) is 9.59 Å². The standard InChI is InChI=1S/C17H16ClFN2O3/c1-2-21(13-6-4-12(19)5-7-13)16(22)10-24-15-8-3-11(18)9-14(15)17(20)23/h3-9H,2,10H2,1H3,(H2,20,23). The first-order valence-corrected chi connectivity index (χ1v) is 7.58. The molecule has 2 N–H and O–H groups in total. The molecule has 0 spiro atoms. The van der Waals surface area contributed by atoms with Crippen molar-refractivity contribution in [2.75, 3.05) is 18.1 Å². The van der Waals surface area contributed by atoms with Crippen molar-refractivity contribution < 1.29 is 18.7 Å². The Hall–Kier alpha value is -2.60. The van der Waals surface area contributed by atoms with Crippen molar-refractivity contribution in [2.24, 2.45) is 5.73 Å². The maximum Gasteiger partial charge on any atom is 0.264 e. The number of primary amides is 1. The van der Waals surface area contributed by atoms with Gasteiger partial charge in [-0.1, -0.05) is 11.6 Å². The van der Waals surface area contributed by atoms with Crippen LogP contribution in [0.2, 0.25) is 5.02 Å². The van der Waals surface area contributed by atoms with Gasteiger partial charge >= 0.3 is 0 Å². The highest BCUT2D eigenvalue weighted by Gasteiger charge is 2.17. The SMILES string of the molecule is CCN(C(=O)COc1ccc(Cl)cc1C(N)=O)c1ccc(F)cc1. The second kappa shape index (κ2) is 7.79. The van der Waals surface area contributed by atoms with Gasteiger partial charge in [-0.15, -0.1) is 0 Å². The Morgan fingerprint density at radius 2 is 1.88 bits per heavy atom. The van der Waals surface area contributed by atoms with Crippen molar-refractivity contribution in [2.45, 2.75) is 6.92 Å². The van der Waals surface area contributed by atoms with E-state index in [1.54, 1.807) is 6.92 Å². The molecule has 0 unspecified atom stereocenters. The fourth-order valence-corrected chi connectivity index (χ4v) is 2.33. The van der Waals surface area contributed by atoms with E-state index in [2.05, 4.69) is 0 Å². The van der Waals surface area contributed by atoms with Gasteiger partial charge in [0.05, 0.1) is 5.56 Å². The number of hydrogen-bond donors (Lipinski definition) is 1. The number of benzene rings is 2. The first kappa shape index (κ1) is 17.7. The molecule has 2 amide bonds. The topological polar surface area (TPSA) is 72.6 Å². The zero-order valence-electron chi connectivity index (χ0n) is 13.0. The number of carbonyl (C=O) groups excluding carboxylic acids is 2. The monoisotopic (exact) mass is 350 g/mol. The summed E-state index contributed by atoms with van der Waals surface area (Å²) in [5, 5.41) is 0.337. The maximum atomic E-state index is 13.0. The molecular weight excluding hydrogens is 335 g/mol. The number of likely N-dealkylation sites (N-methyl/N-ethyl adjacent to an activating group) is 1. The molecule has 2 rings (SSSR count). The van der Waals surface area contributed by atoms with Crippen molar-refractivity contribution in [3.63, 3.8) is 0 Å². The Balaban J connectivity index is 2.12. The Labute approximate surface area is 143 Å². The van der Waals surface area contributed by atoms with Crippen LogP contribution in [0.25, 0.3) is 0 Å². The molecule has 0 aliphatic heterocycles. The molecule has 2 aromatic carbocycles. The first-order valence-electron chi connectivity index (χ1n) is 7.20. The molecule has 126 valence electrons. The van der Waals surface area contributed by atoms with Gasteiger partial charge in [-0.2, -0.15) is 0 Å². The molecule has 24 heavy (non-hydrogen) atoms. The summed E-state index contributed by atoms with van der Waals surface area (Å²) in [5.74, 6) is -1.25. The second-order valence-corrected chi connectivity index (χ2v) is 5.34. The normalized spacial score (nSPS) is 10.3. The summed E-state index contributed by atoms with van der Waals surface area (Å²) in [6, 6.07) is 9.95. The van der Waals surface area contributed by atoms with Crippen molar-refractivity contribution in [3.8, 4) is 5.75 Å². The van der Waals surface area contributed by atoms with E-state index in [9.17, 15) is 14.0 Å². The summed E-state index contributed by atoms with van der Waals surface area (Å²) in [5.41, 5.74) is 5.92. The Kier molecular flexibility index (Phi) is 5.76. The largest absolute Gasteiger partial charge is 0.483 e. The molecule has 2 aromatic rings. The fourth-order valence-electron chi connectivity index (χ4n) is 2.16. The molecular formula is C17H16ClFN2O3. The molecule has 0 aliphatic carbocycles. The highest BCUT2D eigenvalue weighted by Crippen LogP contribution is 2.23. The van der Waals surface area contributed by atoms with Gasteiger partial charge in [0.2, 0.25) is 0 Å². The third-order valence-corrected chi connectivity index (χ3v) is 3.55. The minimum absolute atomic E-state index is 0.0973. The Bertz CT molecular complexity index is 750. The second-order valence-electron chi connectivity index (χ2n) is 4.91. The molecule has 5 nitrogen and oxygen atoms in total. The number of amides is 2. The molecule has 0 saturated carbocycles. The Morgan fingerprint density at radius 1 is 1.21 bits per heavy atom. The molecule has 0 atom stereocenters. The summed E-state index contributed by atoms with van der Waals surface area (Å²) >= 11 is 5.82. The Morgan fingerprint density at radius 3 is 2.46 bits per heavy atom. The van der Waals surface area contributed by atoms with Crippen LogP contribution >= 0.6 is 11.6 Å². The van der Waals surface area contributed by atoms with E-state index in [1.165, 1.54) is 47.4 Å². The van der Waals surface area contributed by atoms with Crippen LogP contribution in [-0.2, 0) is 4.79 Å². The lowest BCUT2D eigenvalue weighted by Gasteiger charge is -2.21. The van der Waals surface area contributed by atoms with Crippen LogP contribution in [0, 0.1) is 5.82 Å². The fraction of sp³-hybridized carbons (Fsp3) is 0.176. The molecule has 0 saturated heterocycles. The quantitative estimate of drug-likeness (QED) is 0.870. The number of anilines is 1. The number of ether oxygens (including phenoxy) is 1. The summed E-state index contributed by atoms with van der Waals surface area (Å²) in [7, 11) is 0. The lowest BCUT2D eigenvalue weighted by Crippen LogP contribution is -2.35. The maximum absolute atomic E-state index is 13.0. The van der Waals surface area contributed by atoms with E-state index < -0.39 is 5.91 Å². The number of nitrogens with two attached hydrogens (primary N) is 1. The summed E-state index contributed by atoms with van der Waals surface area (Å²) in [6.07, 6.45) is 0. The van der Waals surface area contributed by atoms with Crippen molar-refractivity contribution in [3.05, 3.63) is 58.9 Å². The van der Waals surface area contributed by atoms with Gasteiger partial charge in [0.15, 0.2) is 6.61 Å². The van der Waals surface area contributed by atoms with Gasteiger partial charge in [-0.25, -0.2) is 4.39 Å². The van der Waals surface area contributed by atoms with Gasteiger partial charge in [0.25, 0.3) is 11.8 Å². The average molecular weight is 351 g/mol. The molecule has 0 aliphatic rings. The molecule has 0 fully saturated rings. The lowest BCUT2D eigenvalue weighted by molar-refractivity contribution is -0.120. The number of nitrogens with zero attached hydrogens (tertiary/aromatic N) is 1. The highest BCUT2D eigenvalue weighted by atomic mass is 35.5. The molecule has 0 radical (unpaired) electrons. The van der Waals surface area contributed by atoms with Crippen LogP contribution in [0.5, 0.6) is 5.75 Å². The zero-order valence-corrected chi connectivity index (χ0v) is 13.7. The van der Waals surface area contributed by atoms with Crippen molar-refractivity contribution in [1.29, 1.82) is 0 Å². The van der Waals surface area contributed by atoms with E-state index in [-0.39, 0.29) is 29.6 Å². The van der Waals surface area contributed by atoms with Crippen LogP contribution in [0.3, 0.4) is 0 Å². The first-order chi connectivity index (χ1) is 11.4. The number of rotatable bonds is 6. The molecule has 0 bridgehead atoms. The zero-order chi connectivity index (χ0) is 17.7. The number of carbonyl (C=O) groups is 2. The molecule has 0 aromatic heterocycles. The van der Waals surface area contributed by atoms with Gasteiger partial charge in [0, 0.05) is 17.3 Å². The van der Waals surface area contributed by atoms with E-state index in [4.69, 9.17) is 22.1 Å². The number of halogens is 2. The van der Waals surface area contributed by atoms with Crippen LogP contribution in [0.15, 0.2) is 42.5 Å². The average Bonchev–Trinajstić information content (AvgIpc) is 2.56. The summed E-state index contributed by atoms with van der Waals surface area (Å²) < 4.78 is 18.4. The van der Waals surface area contributed by atoms with E-state index >= 15 is 0 Å². The van der Waals surface area contributed by atoms with Gasteiger partial charge in [-0.05, 0) is 49.4 Å². The van der Waals surface area contributed by atoms with Gasteiger partial charge < -0.3 is 15.4 Å². The van der Waals surface area contributed by atoms with E-state index in [0.717, 1.165) is 0 Å². The minimum atomic E-state index is -0.703. The lowest BCUT2D eigenvalue weighted by atomic mass is 10.2. The predicted octanol–water partition coefficient (Wildman–Crippen LogP) is 3.01. The minimum Gasteiger partial charge on any atom is -0.483 e. The van der Waals surface area contributed by atoms with Crippen LogP contribution < -0.4 is 15.4 Å². The predicted molar refractivity (Wildman–Crippen MR) is 89.9 cm³/mol. The third kappa shape index (κ3) is 4.23. The summed E-state index contributed by atoms with van der Waals surface area (Å²) in [4.78, 5) is 25.2. The van der Waals surface area contributed by atoms with Crippen LogP contribution in [0.1, 0.15) is 17.3 Å². The van der Waals surface area contributed by atoms with Crippen molar-refractivity contribution in [1.82, 2.24) is 0 Å². The van der Waals surface area contributed by atoms with Gasteiger partial charge in [0.1, 0.15) is 11.6 Å². The molecule has 7 heteroatoms. The van der Waals surface area contributed by atoms with Crippen molar-refractivity contribution >= 4 is 29.1 Å². The smallest absolute Gasteiger partial charge is 0.264 e. The van der Waals surface area contributed by atoms with Crippen LogP contribution in [-0.4, -0.2) is 25.0 Å². The van der Waals surface area contributed by atoms with E-state index in [0.29, 0.717) is 17.3 Å². The molecule has 0 heterocycles. The van der Waals surface area contributed by atoms with E-state index in [1.807, 2.05) is 0 Å². The third-order valence-electron chi connectivity index (χ3n) is 3.31. The van der Waals surface area contributed by atoms with Crippen LogP contribution in [0.4, 0.5) is 10.1 Å². The highest BCUT2D eigenvalue weighted by molar-refractivity contribution is 6.31. The summed E-state index contributed by atoms with van der Waals surface area (Å²) in [6.45, 7) is 1.88.